The van der Waals surface area contributed by atoms with Crippen LogP contribution in [0.5, 0.6) is 0 Å². The molecule has 0 aliphatic carbocycles. The van der Waals surface area contributed by atoms with Gasteiger partial charge in [-0.15, -0.1) is 0 Å². The Morgan fingerprint density at radius 1 is 0.511 bits per heavy atom. The van der Waals surface area contributed by atoms with Crippen LogP contribution >= 0.6 is 11.8 Å². The maximum Gasteiger partial charge on any atom is 0.180 e. The SMILES string of the molecule is c1ccc(-c2nc(-c3ccc4c(c3)C(c3ccccc3)(c3ccccc3)c3ccccc3S4)nc3c2oc2ccccc23)cc1. The van der Waals surface area contributed by atoms with Crippen molar-refractivity contribution in [3.63, 3.8) is 0 Å². The predicted molar refractivity (Wildman–Crippen MR) is 183 cm³/mol. The van der Waals surface area contributed by atoms with E-state index < -0.39 is 5.41 Å². The molecule has 0 saturated heterocycles. The summed E-state index contributed by atoms with van der Waals surface area (Å²) in [6.45, 7) is 0. The molecule has 0 saturated carbocycles. The zero-order valence-corrected chi connectivity index (χ0v) is 25.0. The van der Waals surface area contributed by atoms with Gasteiger partial charge in [-0.3, -0.25) is 0 Å². The smallest absolute Gasteiger partial charge is 0.180 e. The molecule has 6 aromatic carbocycles. The van der Waals surface area contributed by atoms with Crippen molar-refractivity contribution in [3.8, 4) is 22.6 Å². The highest BCUT2D eigenvalue weighted by Gasteiger charge is 2.44. The summed E-state index contributed by atoms with van der Waals surface area (Å²) in [6, 6.07) is 55.6. The van der Waals surface area contributed by atoms with Crippen LogP contribution in [0, 0.1) is 0 Å². The lowest BCUT2D eigenvalue weighted by Gasteiger charge is -2.42. The Balaban J connectivity index is 1.35. The molecule has 0 unspecified atom stereocenters. The van der Waals surface area contributed by atoms with Crippen molar-refractivity contribution in [2.24, 2.45) is 0 Å². The second kappa shape index (κ2) is 10.3. The van der Waals surface area contributed by atoms with Gasteiger partial charge in [-0.25, -0.2) is 9.97 Å². The van der Waals surface area contributed by atoms with Gasteiger partial charge in [0.2, 0.25) is 0 Å². The molecular formula is C41H26N2OS. The zero-order chi connectivity index (χ0) is 29.8. The summed E-state index contributed by atoms with van der Waals surface area (Å²) in [5.74, 6) is 0.676. The third kappa shape index (κ3) is 3.99. The van der Waals surface area contributed by atoms with Crippen LogP contribution in [0.25, 0.3) is 44.7 Å². The van der Waals surface area contributed by atoms with Crippen LogP contribution in [-0.2, 0) is 5.41 Å². The fraction of sp³-hybridized carbons (Fsp3) is 0.0244. The van der Waals surface area contributed by atoms with Crippen molar-refractivity contribution in [2.45, 2.75) is 15.2 Å². The second-order valence-electron chi connectivity index (χ2n) is 11.3. The van der Waals surface area contributed by atoms with Gasteiger partial charge in [0.05, 0.1) is 5.41 Å². The maximum absolute atomic E-state index is 6.38. The number of fused-ring (bicyclic) bond motifs is 5. The van der Waals surface area contributed by atoms with Crippen LogP contribution in [-0.4, -0.2) is 9.97 Å². The van der Waals surface area contributed by atoms with Gasteiger partial charge in [0.15, 0.2) is 11.4 Å². The van der Waals surface area contributed by atoms with Crippen LogP contribution in [0.1, 0.15) is 22.3 Å². The van der Waals surface area contributed by atoms with Crippen LogP contribution in [0.3, 0.4) is 0 Å². The Kier molecular flexibility index (Phi) is 5.97. The largest absolute Gasteiger partial charge is 0.452 e. The molecular weight excluding hydrogens is 569 g/mol. The lowest BCUT2D eigenvalue weighted by atomic mass is 9.64. The zero-order valence-electron chi connectivity index (χ0n) is 24.2. The van der Waals surface area contributed by atoms with Gasteiger partial charge >= 0.3 is 0 Å². The van der Waals surface area contributed by atoms with Crippen molar-refractivity contribution in [2.75, 3.05) is 0 Å². The van der Waals surface area contributed by atoms with Gasteiger partial charge < -0.3 is 4.42 Å². The Labute approximate surface area is 265 Å². The lowest BCUT2D eigenvalue weighted by Crippen LogP contribution is -2.34. The molecule has 0 spiro atoms. The number of rotatable bonds is 4. The molecule has 0 radical (unpaired) electrons. The first-order chi connectivity index (χ1) is 22.3. The molecule has 9 rings (SSSR count). The van der Waals surface area contributed by atoms with E-state index in [0.29, 0.717) is 11.4 Å². The molecule has 1 aliphatic heterocycles. The number of hydrogen-bond acceptors (Lipinski definition) is 4. The third-order valence-corrected chi connectivity index (χ3v) is 9.99. The summed E-state index contributed by atoms with van der Waals surface area (Å²) in [6.07, 6.45) is 0. The summed E-state index contributed by atoms with van der Waals surface area (Å²) in [5.41, 5.74) is 9.52. The second-order valence-corrected chi connectivity index (χ2v) is 12.4. The number of hydrogen-bond donors (Lipinski definition) is 0. The van der Waals surface area contributed by atoms with Crippen LogP contribution in [0.15, 0.2) is 172 Å². The molecule has 45 heavy (non-hydrogen) atoms. The maximum atomic E-state index is 6.38. The molecule has 0 atom stereocenters. The van der Waals surface area contributed by atoms with Gasteiger partial charge in [-0.1, -0.05) is 139 Å². The molecule has 212 valence electrons. The molecule has 0 amide bonds. The Bertz CT molecular complexity index is 2310. The van der Waals surface area contributed by atoms with Crippen molar-refractivity contribution in [3.05, 3.63) is 180 Å². The van der Waals surface area contributed by atoms with Gasteiger partial charge in [0, 0.05) is 26.3 Å². The Morgan fingerprint density at radius 2 is 1.13 bits per heavy atom. The molecule has 1 aliphatic rings. The molecule has 3 nitrogen and oxygen atoms in total. The number of para-hydroxylation sites is 1. The van der Waals surface area contributed by atoms with Gasteiger partial charge in [-0.05, 0) is 52.6 Å². The summed E-state index contributed by atoms with van der Waals surface area (Å²) < 4.78 is 6.38. The first kappa shape index (κ1) is 26.0. The Morgan fingerprint density at radius 3 is 1.89 bits per heavy atom. The highest BCUT2D eigenvalue weighted by atomic mass is 32.2. The average Bonchev–Trinajstić information content (AvgIpc) is 3.50. The minimum absolute atomic E-state index is 0.523. The van der Waals surface area contributed by atoms with E-state index in [-0.39, 0.29) is 0 Å². The average molecular weight is 595 g/mol. The van der Waals surface area contributed by atoms with E-state index in [9.17, 15) is 0 Å². The summed E-state index contributed by atoms with van der Waals surface area (Å²) in [7, 11) is 0. The quantitative estimate of drug-likeness (QED) is 0.203. The minimum atomic E-state index is -0.523. The van der Waals surface area contributed by atoms with Gasteiger partial charge in [0.25, 0.3) is 0 Å². The van der Waals surface area contributed by atoms with Crippen LogP contribution in [0.4, 0.5) is 0 Å². The first-order valence-electron chi connectivity index (χ1n) is 15.1. The third-order valence-electron chi connectivity index (χ3n) is 8.83. The number of furan rings is 1. The molecule has 0 fully saturated rings. The van der Waals surface area contributed by atoms with Gasteiger partial charge in [0.1, 0.15) is 16.8 Å². The van der Waals surface area contributed by atoms with Crippen molar-refractivity contribution < 1.29 is 4.42 Å². The standard InChI is InChI=1S/C41H26N2OS/c1-4-14-27(15-5-1)37-39-38(31-20-10-12-22-34(31)44-39)43-40(42-37)28-24-25-36-33(26-28)41(29-16-6-2-7-17-29,30-18-8-3-9-19-30)32-21-11-13-23-35(32)45-36/h1-26H. The van der Waals surface area contributed by atoms with Crippen LogP contribution in [0.2, 0.25) is 0 Å². The minimum Gasteiger partial charge on any atom is -0.452 e. The number of benzene rings is 6. The van der Waals surface area contributed by atoms with Crippen molar-refractivity contribution >= 4 is 33.8 Å². The normalized spacial score (nSPS) is 13.4. The summed E-state index contributed by atoms with van der Waals surface area (Å²) >= 11 is 1.83. The van der Waals surface area contributed by atoms with E-state index in [1.807, 2.05) is 48.2 Å². The highest BCUT2D eigenvalue weighted by molar-refractivity contribution is 7.99. The van der Waals surface area contributed by atoms with E-state index in [4.69, 9.17) is 14.4 Å². The van der Waals surface area contributed by atoms with E-state index in [2.05, 4.69) is 121 Å². The molecule has 3 heterocycles. The van der Waals surface area contributed by atoms with Crippen molar-refractivity contribution in [1.29, 1.82) is 0 Å². The number of aromatic nitrogens is 2. The fourth-order valence-electron chi connectivity index (χ4n) is 6.86. The molecule has 4 heteroatoms. The van der Waals surface area contributed by atoms with E-state index in [1.165, 1.54) is 32.0 Å². The summed E-state index contributed by atoms with van der Waals surface area (Å²) in [4.78, 5) is 12.9. The summed E-state index contributed by atoms with van der Waals surface area (Å²) in [5, 5.41) is 0.985. The van der Waals surface area contributed by atoms with E-state index >= 15 is 0 Å². The molecule has 0 bridgehead atoms. The molecule has 2 aromatic heterocycles. The van der Waals surface area contributed by atoms with E-state index in [1.54, 1.807) is 0 Å². The van der Waals surface area contributed by atoms with E-state index in [0.717, 1.165) is 33.3 Å². The molecule has 8 aromatic rings. The van der Waals surface area contributed by atoms with Crippen molar-refractivity contribution in [1.82, 2.24) is 9.97 Å². The number of nitrogens with zero attached hydrogens (tertiary/aromatic N) is 2. The first-order valence-corrected chi connectivity index (χ1v) is 15.9. The lowest BCUT2D eigenvalue weighted by molar-refractivity contribution is 0.667. The predicted octanol–water partition coefficient (Wildman–Crippen LogP) is 10.6. The highest BCUT2D eigenvalue weighted by Crippen LogP contribution is 2.56. The topological polar surface area (TPSA) is 38.9 Å². The van der Waals surface area contributed by atoms with Crippen LogP contribution < -0.4 is 0 Å². The van der Waals surface area contributed by atoms with Gasteiger partial charge in [-0.2, -0.15) is 0 Å². The molecule has 0 N–H and O–H groups in total. The fourth-order valence-corrected chi connectivity index (χ4v) is 8.03. The monoisotopic (exact) mass is 594 g/mol. The Hall–Kier alpha value is -5.45.